The van der Waals surface area contributed by atoms with Gasteiger partial charge in [0.1, 0.15) is 0 Å². The summed E-state index contributed by atoms with van der Waals surface area (Å²) in [5.41, 5.74) is 7.83. The van der Waals surface area contributed by atoms with Crippen molar-refractivity contribution in [2.24, 2.45) is 11.7 Å². The van der Waals surface area contributed by atoms with Crippen molar-refractivity contribution in [2.45, 2.75) is 58.0 Å². The van der Waals surface area contributed by atoms with Crippen LogP contribution in [0.3, 0.4) is 0 Å². The molecular formula is C17H26N2O. The summed E-state index contributed by atoms with van der Waals surface area (Å²) in [5.74, 6) is 0.931. The minimum atomic E-state index is 0.130. The number of carbonyl (C=O) groups is 1. The topological polar surface area (TPSA) is 55.1 Å². The van der Waals surface area contributed by atoms with E-state index in [1.807, 2.05) is 24.3 Å². The lowest BCUT2D eigenvalue weighted by atomic mass is 10.0. The second-order valence-corrected chi connectivity index (χ2v) is 6.03. The van der Waals surface area contributed by atoms with E-state index in [4.69, 9.17) is 5.73 Å². The first kappa shape index (κ1) is 15.0. The van der Waals surface area contributed by atoms with Crippen molar-refractivity contribution in [3.8, 4) is 0 Å². The Bertz CT molecular complexity index is 444. The molecule has 1 aliphatic rings. The zero-order valence-electron chi connectivity index (χ0n) is 12.4. The molecule has 0 bridgehead atoms. The number of nitrogens with two attached hydrogens (primary N) is 1. The van der Waals surface area contributed by atoms with Crippen molar-refractivity contribution in [3.63, 3.8) is 0 Å². The van der Waals surface area contributed by atoms with Crippen molar-refractivity contribution >= 4 is 5.91 Å². The Hall–Kier alpha value is -1.35. The summed E-state index contributed by atoms with van der Waals surface area (Å²) in [6.07, 6.45) is 6.43. The van der Waals surface area contributed by atoms with E-state index in [2.05, 4.69) is 12.2 Å². The summed E-state index contributed by atoms with van der Waals surface area (Å²) >= 11 is 0. The van der Waals surface area contributed by atoms with Crippen LogP contribution in [-0.2, 0) is 17.8 Å². The summed E-state index contributed by atoms with van der Waals surface area (Å²) < 4.78 is 0. The number of amides is 1. The van der Waals surface area contributed by atoms with Crippen LogP contribution in [-0.4, -0.2) is 11.9 Å². The van der Waals surface area contributed by atoms with E-state index in [9.17, 15) is 4.79 Å². The third kappa shape index (κ3) is 4.34. The molecule has 1 aromatic carbocycles. The zero-order valence-corrected chi connectivity index (χ0v) is 12.4. The van der Waals surface area contributed by atoms with Crippen LogP contribution in [0, 0.1) is 5.92 Å². The molecule has 1 saturated carbocycles. The molecule has 1 aromatic rings. The van der Waals surface area contributed by atoms with E-state index >= 15 is 0 Å². The van der Waals surface area contributed by atoms with Crippen molar-refractivity contribution in [1.29, 1.82) is 0 Å². The molecule has 0 radical (unpaired) electrons. The Balaban J connectivity index is 1.88. The van der Waals surface area contributed by atoms with Crippen LogP contribution in [0.15, 0.2) is 24.3 Å². The maximum absolute atomic E-state index is 12.2. The van der Waals surface area contributed by atoms with Gasteiger partial charge in [-0.05, 0) is 36.3 Å². The molecule has 3 N–H and O–H groups in total. The van der Waals surface area contributed by atoms with Crippen LogP contribution in [0.25, 0.3) is 0 Å². The van der Waals surface area contributed by atoms with Crippen LogP contribution in [0.4, 0.5) is 0 Å². The van der Waals surface area contributed by atoms with E-state index in [0.717, 1.165) is 29.9 Å². The molecular weight excluding hydrogens is 248 g/mol. The standard InChI is InChI=1S/C17H26N2O/c1-13-5-4-8-16(10-9-13)19-17(20)11-14-6-2-3-7-15(14)12-18/h2-3,6-7,13,16H,4-5,8-12,18H2,1H3,(H,19,20). The van der Waals surface area contributed by atoms with Crippen LogP contribution in [0.1, 0.15) is 50.2 Å². The van der Waals surface area contributed by atoms with Crippen LogP contribution < -0.4 is 11.1 Å². The molecule has 2 unspecified atom stereocenters. The van der Waals surface area contributed by atoms with Gasteiger partial charge in [-0.2, -0.15) is 0 Å². The highest BCUT2D eigenvalue weighted by Crippen LogP contribution is 2.22. The number of nitrogens with one attached hydrogen (secondary N) is 1. The van der Waals surface area contributed by atoms with E-state index in [0.29, 0.717) is 19.0 Å². The molecule has 1 fully saturated rings. The number of hydrogen-bond acceptors (Lipinski definition) is 2. The Kier molecular flexibility index (Phi) is 5.60. The Morgan fingerprint density at radius 2 is 1.95 bits per heavy atom. The van der Waals surface area contributed by atoms with Crippen molar-refractivity contribution < 1.29 is 4.79 Å². The largest absolute Gasteiger partial charge is 0.353 e. The summed E-state index contributed by atoms with van der Waals surface area (Å²) in [6.45, 7) is 2.80. The Morgan fingerprint density at radius 1 is 1.20 bits per heavy atom. The first-order valence-corrected chi connectivity index (χ1v) is 7.75. The van der Waals surface area contributed by atoms with E-state index in [1.165, 1.54) is 19.3 Å². The fraction of sp³-hybridized carbons (Fsp3) is 0.588. The molecule has 2 rings (SSSR count). The van der Waals surface area contributed by atoms with E-state index in [1.54, 1.807) is 0 Å². The Morgan fingerprint density at radius 3 is 2.70 bits per heavy atom. The molecule has 3 heteroatoms. The van der Waals surface area contributed by atoms with Crippen molar-refractivity contribution in [2.75, 3.05) is 0 Å². The van der Waals surface area contributed by atoms with Gasteiger partial charge in [0.05, 0.1) is 6.42 Å². The van der Waals surface area contributed by atoms with E-state index < -0.39 is 0 Å². The van der Waals surface area contributed by atoms with Crippen molar-refractivity contribution in [1.82, 2.24) is 5.32 Å². The first-order valence-electron chi connectivity index (χ1n) is 7.75. The molecule has 0 spiro atoms. The highest BCUT2D eigenvalue weighted by molar-refractivity contribution is 5.79. The fourth-order valence-corrected chi connectivity index (χ4v) is 3.01. The van der Waals surface area contributed by atoms with Crippen LogP contribution in [0.2, 0.25) is 0 Å². The normalized spacial score (nSPS) is 23.1. The highest BCUT2D eigenvalue weighted by atomic mass is 16.1. The van der Waals surface area contributed by atoms with Gasteiger partial charge in [0.15, 0.2) is 0 Å². The SMILES string of the molecule is CC1CCCC(NC(=O)Cc2ccccc2CN)CC1. The molecule has 3 nitrogen and oxygen atoms in total. The molecule has 110 valence electrons. The van der Waals surface area contributed by atoms with Gasteiger partial charge in [-0.3, -0.25) is 4.79 Å². The van der Waals surface area contributed by atoms with E-state index in [-0.39, 0.29) is 5.91 Å². The number of rotatable bonds is 4. The number of hydrogen-bond donors (Lipinski definition) is 2. The smallest absolute Gasteiger partial charge is 0.224 e. The molecule has 0 heterocycles. The minimum Gasteiger partial charge on any atom is -0.353 e. The average molecular weight is 274 g/mol. The Labute approximate surface area is 121 Å². The maximum Gasteiger partial charge on any atom is 0.224 e. The molecule has 0 saturated heterocycles. The quantitative estimate of drug-likeness (QED) is 0.830. The van der Waals surface area contributed by atoms with Gasteiger partial charge in [-0.1, -0.05) is 44.0 Å². The lowest BCUT2D eigenvalue weighted by Gasteiger charge is -2.17. The zero-order chi connectivity index (χ0) is 14.4. The summed E-state index contributed by atoms with van der Waals surface area (Å²) in [7, 11) is 0. The van der Waals surface area contributed by atoms with Gasteiger partial charge in [0.2, 0.25) is 5.91 Å². The van der Waals surface area contributed by atoms with Gasteiger partial charge >= 0.3 is 0 Å². The highest BCUT2D eigenvalue weighted by Gasteiger charge is 2.18. The minimum absolute atomic E-state index is 0.130. The van der Waals surface area contributed by atoms with Gasteiger partial charge in [-0.25, -0.2) is 0 Å². The van der Waals surface area contributed by atoms with Gasteiger partial charge in [-0.15, -0.1) is 0 Å². The number of benzene rings is 1. The predicted octanol–water partition coefficient (Wildman–Crippen LogP) is 2.77. The summed E-state index contributed by atoms with van der Waals surface area (Å²) in [4.78, 5) is 12.2. The van der Waals surface area contributed by atoms with Crippen molar-refractivity contribution in [3.05, 3.63) is 35.4 Å². The molecule has 1 amide bonds. The van der Waals surface area contributed by atoms with Crippen LogP contribution >= 0.6 is 0 Å². The predicted molar refractivity (Wildman–Crippen MR) is 82.2 cm³/mol. The maximum atomic E-state index is 12.2. The summed E-state index contributed by atoms with van der Waals surface area (Å²) in [5, 5.41) is 3.20. The lowest BCUT2D eigenvalue weighted by molar-refractivity contribution is -0.121. The average Bonchev–Trinajstić information content (AvgIpc) is 2.64. The fourth-order valence-electron chi connectivity index (χ4n) is 3.01. The molecule has 20 heavy (non-hydrogen) atoms. The van der Waals surface area contributed by atoms with Gasteiger partial charge in [0.25, 0.3) is 0 Å². The molecule has 0 aromatic heterocycles. The number of carbonyl (C=O) groups excluding carboxylic acids is 1. The first-order chi connectivity index (χ1) is 9.69. The second-order valence-electron chi connectivity index (χ2n) is 6.03. The molecule has 1 aliphatic carbocycles. The third-order valence-electron chi connectivity index (χ3n) is 4.31. The molecule has 2 atom stereocenters. The van der Waals surface area contributed by atoms with Crippen LogP contribution in [0.5, 0.6) is 0 Å². The summed E-state index contributed by atoms with van der Waals surface area (Å²) in [6, 6.07) is 8.29. The third-order valence-corrected chi connectivity index (χ3v) is 4.31. The monoisotopic (exact) mass is 274 g/mol. The molecule has 0 aliphatic heterocycles. The van der Waals surface area contributed by atoms with Gasteiger partial charge < -0.3 is 11.1 Å². The second kappa shape index (κ2) is 7.44. The van der Waals surface area contributed by atoms with Gasteiger partial charge in [0, 0.05) is 12.6 Å². The lowest BCUT2D eigenvalue weighted by Crippen LogP contribution is -2.35.